The molecule has 0 saturated heterocycles. The molecule has 2 N–H and O–H groups in total. The number of quaternary nitrogens is 1. The number of carbonyl (C=O) groups excluding carboxylic acids is 1. The lowest BCUT2D eigenvalue weighted by Gasteiger charge is -1.92. The standard InChI is InChI=1S/C4H3ClN2O/c5-3-1-6-2-7-4(3)8/h1-2H,(H,6,7,8)/p+1. The van der Waals surface area contributed by atoms with E-state index in [9.17, 15) is 4.79 Å². The van der Waals surface area contributed by atoms with Crippen molar-refractivity contribution < 1.29 is 10.1 Å². The van der Waals surface area contributed by atoms with Crippen LogP contribution in [-0.4, -0.2) is 12.2 Å². The van der Waals surface area contributed by atoms with E-state index in [4.69, 9.17) is 11.6 Å². The Morgan fingerprint density at radius 1 is 1.75 bits per heavy atom. The van der Waals surface area contributed by atoms with E-state index in [1.165, 1.54) is 17.9 Å². The zero-order valence-corrected chi connectivity index (χ0v) is 4.72. The van der Waals surface area contributed by atoms with Crippen molar-refractivity contribution >= 4 is 23.8 Å². The van der Waals surface area contributed by atoms with Crippen molar-refractivity contribution in [1.82, 2.24) is 0 Å². The first kappa shape index (κ1) is 5.47. The maximum absolute atomic E-state index is 10.4. The van der Waals surface area contributed by atoms with Crippen LogP contribution in [0.2, 0.25) is 0 Å². The minimum absolute atomic E-state index is 0.174. The number of nitrogens with two attached hydrogens (primary N) is 1. The number of aliphatic imine (C=N–C) groups is 1. The molecule has 1 heterocycles. The Morgan fingerprint density at radius 3 is 2.88 bits per heavy atom. The number of nitrogens with zero attached hydrogens (tertiary/aromatic N) is 1. The van der Waals surface area contributed by atoms with E-state index < -0.39 is 0 Å². The van der Waals surface area contributed by atoms with Gasteiger partial charge in [-0.15, -0.1) is 0 Å². The Bertz CT molecular complexity index is 173. The van der Waals surface area contributed by atoms with Gasteiger partial charge < -0.3 is 0 Å². The quantitative estimate of drug-likeness (QED) is 0.460. The first-order chi connectivity index (χ1) is 3.80. The van der Waals surface area contributed by atoms with Crippen molar-refractivity contribution in [3.63, 3.8) is 0 Å². The highest BCUT2D eigenvalue weighted by atomic mass is 35.5. The molecule has 1 rings (SSSR count). The lowest BCUT2D eigenvalue weighted by Crippen LogP contribution is -2.87. The number of primary amides is 1. The Hall–Kier alpha value is -0.670. The zero-order valence-electron chi connectivity index (χ0n) is 3.97. The van der Waals surface area contributed by atoms with Crippen LogP contribution in [0.1, 0.15) is 0 Å². The summed E-state index contributed by atoms with van der Waals surface area (Å²) in [6, 6.07) is 0. The highest BCUT2D eigenvalue weighted by molar-refractivity contribution is 6.41. The molecular weight excluding hydrogens is 128 g/mol. The number of carbonyl (C=O) groups is 1. The Kier molecular flexibility index (Phi) is 1.41. The summed E-state index contributed by atoms with van der Waals surface area (Å²) in [6.45, 7) is 0. The molecule has 0 atom stereocenters. The number of halogens is 1. The topological polar surface area (TPSA) is 46.0 Å². The number of hydrogen-bond acceptors (Lipinski definition) is 2. The summed E-state index contributed by atoms with van der Waals surface area (Å²) in [5.74, 6) is -0.179. The summed E-state index contributed by atoms with van der Waals surface area (Å²) in [4.78, 5) is 14.1. The molecule has 0 unspecified atom stereocenters. The van der Waals surface area contributed by atoms with E-state index in [0.717, 1.165) is 0 Å². The Morgan fingerprint density at radius 2 is 2.50 bits per heavy atom. The SMILES string of the molecule is O=C1[NH2+]C=NC=C1Cl. The predicted molar refractivity (Wildman–Crippen MR) is 29.4 cm³/mol. The summed E-state index contributed by atoms with van der Waals surface area (Å²) in [6.07, 6.45) is 2.73. The molecule has 0 radical (unpaired) electrons. The van der Waals surface area contributed by atoms with Gasteiger partial charge in [0.15, 0.2) is 11.4 Å². The van der Waals surface area contributed by atoms with Gasteiger partial charge in [-0.2, -0.15) is 0 Å². The summed E-state index contributed by atoms with van der Waals surface area (Å²) < 4.78 is 0. The second-order valence-electron chi connectivity index (χ2n) is 1.31. The minimum Gasteiger partial charge on any atom is -0.236 e. The van der Waals surface area contributed by atoms with Crippen molar-refractivity contribution in [3.05, 3.63) is 11.2 Å². The van der Waals surface area contributed by atoms with Crippen LogP contribution in [-0.2, 0) is 4.79 Å². The molecule has 42 valence electrons. The van der Waals surface area contributed by atoms with Crippen LogP contribution in [0.25, 0.3) is 0 Å². The lowest BCUT2D eigenvalue weighted by molar-refractivity contribution is -0.439. The number of rotatable bonds is 0. The first-order valence-corrected chi connectivity index (χ1v) is 2.45. The van der Waals surface area contributed by atoms with Gasteiger partial charge in [-0.3, -0.25) is 0 Å². The molecule has 0 saturated carbocycles. The molecule has 4 heteroatoms. The van der Waals surface area contributed by atoms with E-state index >= 15 is 0 Å². The van der Waals surface area contributed by atoms with Crippen LogP contribution in [0.3, 0.4) is 0 Å². The molecule has 8 heavy (non-hydrogen) atoms. The third kappa shape index (κ3) is 0.936. The summed E-state index contributed by atoms with van der Waals surface area (Å²) in [5, 5.41) is 1.50. The number of hydrogen-bond donors (Lipinski definition) is 1. The maximum atomic E-state index is 10.4. The normalized spacial score (nSPS) is 18.6. The largest absolute Gasteiger partial charge is 0.361 e. The van der Waals surface area contributed by atoms with E-state index in [1.54, 1.807) is 0 Å². The van der Waals surface area contributed by atoms with Crippen LogP contribution >= 0.6 is 11.6 Å². The fraction of sp³-hybridized carbons (Fsp3) is 0. The molecule has 0 spiro atoms. The molecule has 0 aromatic carbocycles. The van der Waals surface area contributed by atoms with Crippen molar-refractivity contribution in [2.45, 2.75) is 0 Å². The number of amides is 1. The van der Waals surface area contributed by atoms with Gasteiger partial charge in [0.1, 0.15) is 0 Å². The Labute approximate surface area is 51.0 Å². The van der Waals surface area contributed by atoms with E-state index in [2.05, 4.69) is 4.99 Å². The molecule has 0 bridgehead atoms. The zero-order chi connectivity index (χ0) is 5.98. The molecule has 1 aliphatic heterocycles. The van der Waals surface area contributed by atoms with Crippen molar-refractivity contribution in [2.75, 3.05) is 0 Å². The molecule has 0 aliphatic carbocycles. The van der Waals surface area contributed by atoms with E-state index in [1.807, 2.05) is 0 Å². The third-order valence-corrected chi connectivity index (χ3v) is 1.02. The van der Waals surface area contributed by atoms with Crippen LogP contribution in [0.4, 0.5) is 0 Å². The van der Waals surface area contributed by atoms with Gasteiger partial charge in [0.25, 0.3) is 0 Å². The highest BCUT2D eigenvalue weighted by Crippen LogP contribution is 1.98. The maximum Gasteiger partial charge on any atom is 0.361 e. The summed E-state index contributed by atoms with van der Waals surface area (Å²) >= 11 is 5.33. The van der Waals surface area contributed by atoms with Crippen LogP contribution in [0, 0.1) is 0 Å². The average Bonchev–Trinajstić information content (AvgIpc) is 1.77. The smallest absolute Gasteiger partial charge is 0.236 e. The lowest BCUT2D eigenvalue weighted by atomic mass is 10.5. The van der Waals surface area contributed by atoms with Crippen LogP contribution in [0.15, 0.2) is 16.2 Å². The molecular formula is C4H4ClN2O+. The summed E-state index contributed by atoms with van der Waals surface area (Å²) in [7, 11) is 0. The van der Waals surface area contributed by atoms with Crippen molar-refractivity contribution in [2.24, 2.45) is 4.99 Å². The van der Waals surface area contributed by atoms with E-state index in [0.29, 0.717) is 0 Å². The van der Waals surface area contributed by atoms with Gasteiger partial charge in [-0.05, 0) is 0 Å². The third-order valence-electron chi connectivity index (χ3n) is 0.735. The highest BCUT2D eigenvalue weighted by Gasteiger charge is 2.11. The molecule has 0 fully saturated rings. The first-order valence-electron chi connectivity index (χ1n) is 2.07. The van der Waals surface area contributed by atoms with Gasteiger partial charge in [-0.1, -0.05) is 11.6 Å². The molecule has 0 aromatic heterocycles. The average molecular weight is 132 g/mol. The fourth-order valence-electron chi connectivity index (χ4n) is 0.362. The van der Waals surface area contributed by atoms with Crippen LogP contribution in [0.5, 0.6) is 0 Å². The minimum atomic E-state index is -0.179. The molecule has 0 aromatic rings. The molecule has 1 amide bonds. The van der Waals surface area contributed by atoms with E-state index in [-0.39, 0.29) is 10.9 Å². The van der Waals surface area contributed by atoms with Crippen LogP contribution < -0.4 is 5.32 Å². The van der Waals surface area contributed by atoms with Crippen molar-refractivity contribution in [3.8, 4) is 0 Å². The van der Waals surface area contributed by atoms with Gasteiger partial charge in [0, 0.05) is 0 Å². The second kappa shape index (κ2) is 2.07. The Balaban J connectivity index is 2.80. The fourth-order valence-corrected chi connectivity index (χ4v) is 0.482. The summed E-state index contributed by atoms with van der Waals surface area (Å²) in [5.41, 5.74) is 0. The second-order valence-corrected chi connectivity index (χ2v) is 1.71. The van der Waals surface area contributed by atoms with Gasteiger partial charge in [0.05, 0.1) is 6.20 Å². The van der Waals surface area contributed by atoms with Crippen molar-refractivity contribution in [1.29, 1.82) is 0 Å². The predicted octanol–water partition coefficient (Wildman–Crippen LogP) is -0.802. The molecule has 1 aliphatic rings. The van der Waals surface area contributed by atoms with Gasteiger partial charge >= 0.3 is 5.91 Å². The monoisotopic (exact) mass is 131 g/mol. The van der Waals surface area contributed by atoms with Gasteiger partial charge in [-0.25, -0.2) is 15.1 Å². The van der Waals surface area contributed by atoms with Gasteiger partial charge in [0.2, 0.25) is 0 Å². The molecule has 3 nitrogen and oxygen atoms in total.